The van der Waals surface area contributed by atoms with Crippen LogP contribution in [0.3, 0.4) is 0 Å². The van der Waals surface area contributed by atoms with Crippen molar-refractivity contribution in [3.8, 4) is 11.5 Å². The third-order valence-corrected chi connectivity index (χ3v) is 4.73. The maximum atomic E-state index is 12.8. The first-order valence-electron chi connectivity index (χ1n) is 10.3. The van der Waals surface area contributed by atoms with Crippen molar-refractivity contribution in [1.82, 2.24) is 4.98 Å². The van der Waals surface area contributed by atoms with E-state index in [4.69, 9.17) is 29.5 Å². The Morgan fingerprint density at radius 2 is 1.97 bits per heavy atom. The summed E-state index contributed by atoms with van der Waals surface area (Å²) in [6, 6.07) is 3.26. The molecule has 0 saturated carbocycles. The molecule has 2 N–H and O–H groups in total. The first-order valence-corrected chi connectivity index (χ1v) is 11.1. The Balaban J connectivity index is 1.88. The van der Waals surface area contributed by atoms with Crippen molar-refractivity contribution in [2.45, 2.75) is 59.5 Å². The lowest BCUT2D eigenvalue weighted by Crippen LogP contribution is -2.30. The molecule has 0 atom stereocenters. The summed E-state index contributed by atoms with van der Waals surface area (Å²) in [6.07, 6.45) is 0. The fourth-order valence-electron chi connectivity index (χ4n) is 2.90. The highest BCUT2D eigenvalue weighted by atomic mass is 32.1. The van der Waals surface area contributed by atoms with Crippen LogP contribution in [0.2, 0.25) is 0 Å². The van der Waals surface area contributed by atoms with Crippen molar-refractivity contribution in [2.24, 2.45) is 5.16 Å². The number of aromatic nitrogens is 1. The number of oxime groups is 1. The molecule has 1 aromatic carbocycles. The minimum absolute atomic E-state index is 0.0740. The van der Waals surface area contributed by atoms with Gasteiger partial charge in [0, 0.05) is 19.2 Å². The average molecular weight is 478 g/mol. The van der Waals surface area contributed by atoms with Crippen molar-refractivity contribution in [3.63, 3.8) is 0 Å². The van der Waals surface area contributed by atoms with E-state index < -0.39 is 23.3 Å². The predicted molar refractivity (Wildman–Crippen MR) is 121 cm³/mol. The second-order valence-electron chi connectivity index (χ2n) is 8.58. The van der Waals surface area contributed by atoms with Gasteiger partial charge < -0.3 is 29.5 Å². The van der Waals surface area contributed by atoms with Crippen LogP contribution in [0.4, 0.5) is 5.13 Å². The van der Waals surface area contributed by atoms with E-state index in [-0.39, 0.29) is 35.3 Å². The SMILES string of the molecule is CCOC(=O)/C(=N\OCc1cc2c(c(C(=O)OC(C)(C)C)c1)OC(C)(C)O2)c1csc(N)n1. The summed E-state index contributed by atoms with van der Waals surface area (Å²) in [5, 5.41) is 5.78. The van der Waals surface area contributed by atoms with Crippen molar-refractivity contribution in [2.75, 3.05) is 12.3 Å². The highest BCUT2D eigenvalue weighted by molar-refractivity contribution is 7.13. The van der Waals surface area contributed by atoms with Gasteiger partial charge in [-0.3, -0.25) is 0 Å². The van der Waals surface area contributed by atoms with Gasteiger partial charge in [-0.2, -0.15) is 0 Å². The van der Waals surface area contributed by atoms with Gasteiger partial charge in [-0.1, -0.05) is 5.16 Å². The van der Waals surface area contributed by atoms with Crippen molar-refractivity contribution >= 4 is 34.1 Å². The molecule has 0 unspecified atom stereocenters. The smallest absolute Gasteiger partial charge is 0.362 e. The predicted octanol–water partition coefficient (Wildman–Crippen LogP) is 3.67. The lowest BCUT2D eigenvalue weighted by Gasteiger charge is -2.20. The molecule has 2 aromatic rings. The topological polar surface area (TPSA) is 132 Å². The molecule has 0 aliphatic carbocycles. The number of benzene rings is 1. The zero-order valence-electron chi connectivity index (χ0n) is 19.4. The molecule has 0 saturated heterocycles. The highest BCUT2D eigenvalue weighted by Crippen LogP contribution is 2.43. The number of rotatable bonds is 7. The number of hydrogen-bond acceptors (Lipinski definition) is 11. The minimum Gasteiger partial charge on any atom is -0.461 e. The number of anilines is 1. The number of thiazole rings is 1. The van der Waals surface area contributed by atoms with E-state index in [1.807, 2.05) is 0 Å². The van der Waals surface area contributed by atoms with Crippen molar-refractivity contribution in [1.29, 1.82) is 0 Å². The number of nitrogen functional groups attached to an aromatic ring is 1. The lowest BCUT2D eigenvalue weighted by molar-refractivity contribution is -0.135. The van der Waals surface area contributed by atoms with Crippen molar-refractivity contribution < 1.29 is 33.4 Å². The Hall–Kier alpha value is -3.34. The van der Waals surface area contributed by atoms with Gasteiger partial charge >= 0.3 is 11.9 Å². The van der Waals surface area contributed by atoms with E-state index in [2.05, 4.69) is 10.1 Å². The summed E-state index contributed by atoms with van der Waals surface area (Å²) in [5.41, 5.74) is 5.86. The second-order valence-corrected chi connectivity index (χ2v) is 9.47. The third kappa shape index (κ3) is 6.13. The van der Waals surface area contributed by atoms with Crippen LogP contribution in [0, 0.1) is 0 Å². The summed E-state index contributed by atoms with van der Waals surface area (Å²) in [7, 11) is 0. The van der Waals surface area contributed by atoms with Crippen LogP contribution in [0.1, 0.15) is 63.2 Å². The molecule has 0 amide bonds. The second kappa shape index (κ2) is 9.26. The Morgan fingerprint density at radius 3 is 2.58 bits per heavy atom. The first kappa shape index (κ1) is 24.3. The lowest BCUT2D eigenvalue weighted by atomic mass is 10.1. The Kier molecular flexibility index (Phi) is 6.82. The van der Waals surface area contributed by atoms with Gasteiger partial charge in [0.05, 0.1) is 6.61 Å². The van der Waals surface area contributed by atoms with Crippen LogP contribution < -0.4 is 15.2 Å². The number of hydrogen-bond donors (Lipinski definition) is 1. The molecule has 33 heavy (non-hydrogen) atoms. The summed E-state index contributed by atoms with van der Waals surface area (Å²) in [5.74, 6) is -1.52. The maximum Gasteiger partial charge on any atom is 0.362 e. The molecule has 0 bridgehead atoms. The van der Waals surface area contributed by atoms with Crippen LogP contribution in [0.15, 0.2) is 22.7 Å². The summed E-state index contributed by atoms with van der Waals surface area (Å²) < 4.78 is 22.2. The molecule has 1 aliphatic rings. The maximum absolute atomic E-state index is 12.8. The minimum atomic E-state index is -0.946. The van der Waals surface area contributed by atoms with Gasteiger partial charge in [-0.25, -0.2) is 14.6 Å². The number of carbonyl (C=O) groups is 2. The van der Waals surface area contributed by atoms with Crippen LogP contribution in [0.25, 0.3) is 0 Å². The largest absolute Gasteiger partial charge is 0.461 e. The fraction of sp³-hybridized carbons (Fsp3) is 0.455. The zero-order chi connectivity index (χ0) is 24.4. The molecule has 1 aromatic heterocycles. The van der Waals surface area contributed by atoms with Crippen LogP contribution in [-0.2, 0) is 25.7 Å². The Labute approximate surface area is 195 Å². The van der Waals surface area contributed by atoms with E-state index in [1.165, 1.54) is 0 Å². The van der Waals surface area contributed by atoms with Crippen molar-refractivity contribution in [3.05, 3.63) is 34.3 Å². The number of carbonyl (C=O) groups excluding carboxylic acids is 2. The van der Waals surface area contributed by atoms with E-state index in [9.17, 15) is 9.59 Å². The molecule has 0 radical (unpaired) electrons. The van der Waals surface area contributed by atoms with Gasteiger partial charge in [-0.05, 0) is 45.4 Å². The number of esters is 2. The third-order valence-electron chi connectivity index (χ3n) is 4.06. The van der Waals surface area contributed by atoms with Gasteiger partial charge in [0.15, 0.2) is 16.6 Å². The van der Waals surface area contributed by atoms with Gasteiger partial charge in [0.2, 0.25) is 11.5 Å². The molecular weight excluding hydrogens is 450 g/mol. The first-order chi connectivity index (χ1) is 15.4. The van der Waals surface area contributed by atoms with Gasteiger partial charge in [0.1, 0.15) is 23.5 Å². The van der Waals surface area contributed by atoms with E-state index in [1.54, 1.807) is 59.1 Å². The van der Waals surface area contributed by atoms with Gasteiger partial charge in [0.25, 0.3) is 0 Å². The normalized spacial score (nSPS) is 14.7. The van der Waals surface area contributed by atoms with Crippen LogP contribution in [0.5, 0.6) is 11.5 Å². The molecule has 11 heteroatoms. The molecular formula is C22H27N3O7S. The number of ether oxygens (including phenoxy) is 4. The average Bonchev–Trinajstić information content (AvgIpc) is 3.24. The quantitative estimate of drug-likeness (QED) is 0.360. The summed E-state index contributed by atoms with van der Waals surface area (Å²) >= 11 is 1.16. The summed E-state index contributed by atoms with van der Waals surface area (Å²) in [6.45, 7) is 10.6. The molecule has 10 nitrogen and oxygen atoms in total. The zero-order valence-corrected chi connectivity index (χ0v) is 20.2. The summed E-state index contributed by atoms with van der Waals surface area (Å²) in [4.78, 5) is 34.6. The van der Waals surface area contributed by atoms with Gasteiger partial charge in [-0.15, -0.1) is 11.3 Å². The van der Waals surface area contributed by atoms with E-state index in [0.29, 0.717) is 17.1 Å². The monoisotopic (exact) mass is 477 g/mol. The Morgan fingerprint density at radius 1 is 1.24 bits per heavy atom. The molecule has 2 heterocycles. The highest BCUT2D eigenvalue weighted by Gasteiger charge is 2.37. The van der Waals surface area contributed by atoms with E-state index in [0.717, 1.165) is 11.3 Å². The molecule has 3 rings (SSSR count). The molecule has 178 valence electrons. The number of nitrogens with two attached hydrogens (primary N) is 1. The fourth-order valence-corrected chi connectivity index (χ4v) is 3.44. The van der Waals surface area contributed by atoms with Crippen LogP contribution in [-0.4, -0.2) is 40.6 Å². The van der Waals surface area contributed by atoms with E-state index >= 15 is 0 Å². The Bertz CT molecular complexity index is 1090. The molecule has 0 fully saturated rings. The number of nitrogens with zero attached hydrogens (tertiary/aromatic N) is 2. The molecule has 0 spiro atoms. The standard InChI is InChI=1S/C22H27N3O7S/c1-7-28-19(27)16(14-11-33-20(23)24-14)25-29-10-12-8-13(18(26)32-21(2,3)4)17-15(9-12)30-22(5,6)31-17/h8-9,11H,7,10H2,1-6H3,(H2,23,24)/b25-16-. The molecule has 1 aliphatic heterocycles. The number of fused-ring (bicyclic) bond motifs is 1. The van der Waals surface area contributed by atoms with Crippen LogP contribution >= 0.6 is 11.3 Å².